The van der Waals surface area contributed by atoms with Crippen molar-refractivity contribution >= 4 is 18.0 Å². The fraction of sp³-hybridized carbons (Fsp3) is 0.286. The van der Waals surface area contributed by atoms with Gasteiger partial charge in [-0.05, 0) is 36.6 Å². The minimum absolute atomic E-state index is 0.0285. The molecule has 1 aromatic rings. The van der Waals surface area contributed by atoms with Crippen molar-refractivity contribution < 1.29 is 19.1 Å². The Morgan fingerprint density at radius 1 is 1.42 bits per heavy atom. The van der Waals surface area contributed by atoms with Gasteiger partial charge in [-0.1, -0.05) is 12.1 Å². The number of hydrogen-bond donors (Lipinski definition) is 1. The van der Waals surface area contributed by atoms with Crippen LogP contribution in [0.3, 0.4) is 0 Å². The Hall–Kier alpha value is -2.17. The molecule has 1 amide bonds. The largest absolute Gasteiger partial charge is 0.480 e. The number of nitrogens with zero attached hydrogens (tertiary/aromatic N) is 1. The summed E-state index contributed by atoms with van der Waals surface area (Å²) in [6.07, 6.45) is 4.46. The first-order chi connectivity index (χ1) is 9.06. The average molecular weight is 263 g/mol. The smallest absolute Gasteiger partial charge is 0.323 e. The molecule has 5 heteroatoms. The van der Waals surface area contributed by atoms with Gasteiger partial charge in [0.05, 0.1) is 0 Å². The molecule has 1 N–H and O–H groups in total. The van der Waals surface area contributed by atoms with E-state index in [9.17, 15) is 14.0 Å². The van der Waals surface area contributed by atoms with Gasteiger partial charge in [0.25, 0.3) is 0 Å². The maximum absolute atomic E-state index is 13.0. The molecule has 100 valence electrons. The predicted octanol–water partition coefficient (Wildman–Crippen LogP) is 1.91. The van der Waals surface area contributed by atoms with Gasteiger partial charge in [0.15, 0.2) is 0 Å². The van der Waals surface area contributed by atoms with Crippen LogP contribution in [0.5, 0.6) is 0 Å². The Kier molecular flexibility index (Phi) is 3.94. The zero-order chi connectivity index (χ0) is 13.8. The van der Waals surface area contributed by atoms with E-state index < -0.39 is 5.97 Å². The van der Waals surface area contributed by atoms with Gasteiger partial charge in [-0.15, -0.1) is 0 Å². The Bertz CT molecular complexity index is 523. The van der Waals surface area contributed by atoms with Crippen LogP contribution >= 0.6 is 0 Å². The van der Waals surface area contributed by atoms with Crippen LogP contribution in [0.2, 0.25) is 0 Å². The van der Waals surface area contributed by atoms with Crippen molar-refractivity contribution in [2.24, 2.45) is 0 Å². The normalized spacial score (nSPS) is 14.6. The first-order valence-corrected chi connectivity index (χ1v) is 6.02. The summed E-state index contributed by atoms with van der Waals surface area (Å²) in [5.74, 6) is -1.76. The van der Waals surface area contributed by atoms with Crippen molar-refractivity contribution in [3.05, 3.63) is 41.7 Å². The van der Waals surface area contributed by atoms with Crippen LogP contribution in [0.25, 0.3) is 6.08 Å². The van der Waals surface area contributed by atoms with Crippen LogP contribution < -0.4 is 0 Å². The molecule has 0 saturated heterocycles. The van der Waals surface area contributed by atoms with E-state index >= 15 is 0 Å². The molecule has 0 bridgehead atoms. The van der Waals surface area contributed by atoms with Crippen molar-refractivity contribution in [3.8, 4) is 0 Å². The minimum atomic E-state index is -1.03. The van der Waals surface area contributed by atoms with Crippen molar-refractivity contribution in [1.29, 1.82) is 0 Å². The van der Waals surface area contributed by atoms with E-state index in [1.165, 1.54) is 29.2 Å². The number of carboxylic acid groups (broad SMARTS) is 1. The third-order valence-electron chi connectivity index (χ3n) is 2.84. The van der Waals surface area contributed by atoms with Crippen LogP contribution in [0, 0.1) is 5.82 Å². The number of carbonyl (C=O) groups is 2. The molecule has 19 heavy (non-hydrogen) atoms. The summed E-state index contributed by atoms with van der Waals surface area (Å²) in [6.45, 7) is -0.295. The summed E-state index contributed by atoms with van der Waals surface area (Å²) in [7, 11) is 0. The fourth-order valence-corrected chi connectivity index (χ4v) is 1.79. The zero-order valence-electron chi connectivity index (χ0n) is 10.3. The number of aliphatic carboxylic acids is 1. The molecule has 0 heterocycles. The second kappa shape index (κ2) is 5.65. The van der Waals surface area contributed by atoms with E-state index in [-0.39, 0.29) is 24.3 Å². The Balaban J connectivity index is 2.04. The van der Waals surface area contributed by atoms with Crippen molar-refractivity contribution in [3.63, 3.8) is 0 Å². The monoisotopic (exact) mass is 263 g/mol. The van der Waals surface area contributed by atoms with E-state index in [2.05, 4.69) is 0 Å². The Labute approximate surface area is 110 Å². The summed E-state index contributed by atoms with van der Waals surface area (Å²) in [6, 6.07) is 5.88. The van der Waals surface area contributed by atoms with Crippen LogP contribution in [0.15, 0.2) is 30.3 Å². The SMILES string of the molecule is O=C(O)CN(C(=O)/C=C/c1cccc(F)c1)C1CC1. The first-order valence-electron chi connectivity index (χ1n) is 6.02. The summed E-state index contributed by atoms with van der Waals surface area (Å²) in [5.41, 5.74) is 0.569. The minimum Gasteiger partial charge on any atom is -0.480 e. The number of halogens is 1. The highest BCUT2D eigenvalue weighted by Gasteiger charge is 2.32. The van der Waals surface area contributed by atoms with E-state index in [4.69, 9.17) is 5.11 Å². The third kappa shape index (κ3) is 3.91. The number of benzene rings is 1. The number of hydrogen-bond acceptors (Lipinski definition) is 2. The molecular formula is C14H14FNO3. The second-order valence-electron chi connectivity index (χ2n) is 4.48. The molecule has 2 rings (SSSR count). The van der Waals surface area contributed by atoms with Gasteiger partial charge >= 0.3 is 5.97 Å². The Morgan fingerprint density at radius 2 is 2.16 bits per heavy atom. The van der Waals surface area contributed by atoms with Crippen LogP contribution in [0.4, 0.5) is 4.39 Å². The molecule has 1 aliphatic rings. The lowest BCUT2D eigenvalue weighted by molar-refractivity contribution is -0.143. The molecule has 1 aliphatic carbocycles. The summed E-state index contributed by atoms with van der Waals surface area (Å²) >= 11 is 0. The fourth-order valence-electron chi connectivity index (χ4n) is 1.79. The van der Waals surface area contributed by atoms with Crippen molar-refractivity contribution in [2.45, 2.75) is 18.9 Å². The number of rotatable bonds is 5. The van der Waals surface area contributed by atoms with Gasteiger partial charge in [-0.25, -0.2) is 4.39 Å². The highest BCUT2D eigenvalue weighted by molar-refractivity contribution is 5.94. The molecule has 1 aromatic carbocycles. The third-order valence-corrected chi connectivity index (χ3v) is 2.84. The molecule has 0 atom stereocenters. The second-order valence-corrected chi connectivity index (χ2v) is 4.48. The van der Waals surface area contributed by atoms with Gasteiger partial charge in [0, 0.05) is 12.1 Å². The number of carbonyl (C=O) groups excluding carboxylic acids is 1. The lowest BCUT2D eigenvalue weighted by atomic mass is 10.2. The summed E-state index contributed by atoms with van der Waals surface area (Å²) < 4.78 is 13.0. The lowest BCUT2D eigenvalue weighted by Crippen LogP contribution is -2.36. The standard InChI is InChI=1S/C14H14FNO3/c15-11-3-1-2-10(8-11)4-7-13(17)16(9-14(18)19)12-5-6-12/h1-4,7-8,12H,5-6,9H2,(H,18,19)/b7-4+. The maximum atomic E-state index is 13.0. The highest BCUT2D eigenvalue weighted by Crippen LogP contribution is 2.26. The molecule has 1 saturated carbocycles. The molecule has 1 fully saturated rings. The van der Waals surface area contributed by atoms with Gasteiger partial charge in [0.2, 0.25) is 5.91 Å². The molecule has 0 unspecified atom stereocenters. The molecule has 0 aliphatic heterocycles. The van der Waals surface area contributed by atoms with Gasteiger partial charge in [0.1, 0.15) is 12.4 Å². The molecule has 0 aromatic heterocycles. The average Bonchev–Trinajstić information content (AvgIpc) is 3.17. The topological polar surface area (TPSA) is 57.6 Å². The van der Waals surface area contributed by atoms with Gasteiger partial charge in [-0.3, -0.25) is 9.59 Å². The zero-order valence-corrected chi connectivity index (χ0v) is 10.3. The Morgan fingerprint density at radius 3 is 2.74 bits per heavy atom. The molecule has 0 radical (unpaired) electrons. The van der Waals surface area contributed by atoms with E-state index in [0.29, 0.717) is 5.56 Å². The van der Waals surface area contributed by atoms with E-state index in [1.54, 1.807) is 12.1 Å². The van der Waals surface area contributed by atoms with E-state index in [1.807, 2.05) is 0 Å². The summed E-state index contributed by atoms with van der Waals surface area (Å²) in [4.78, 5) is 23.9. The van der Waals surface area contributed by atoms with Crippen molar-refractivity contribution in [1.82, 2.24) is 4.90 Å². The lowest BCUT2D eigenvalue weighted by Gasteiger charge is -2.17. The molecular weight excluding hydrogens is 249 g/mol. The van der Waals surface area contributed by atoms with Crippen LogP contribution in [0.1, 0.15) is 18.4 Å². The maximum Gasteiger partial charge on any atom is 0.323 e. The number of carboxylic acids is 1. The van der Waals surface area contributed by atoms with E-state index in [0.717, 1.165) is 12.8 Å². The van der Waals surface area contributed by atoms with Crippen LogP contribution in [-0.4, -0.2) is 34.5 Å². The predicted molar refractivity (Wildman–Crippen MR) is 67.8 cm³/mol. The van der Waals surface area contributed by atoms with Crippen molar-refractivity contribution in [2.75, 3.05) is 6.54 Å². The number of amides is 1. The first kappa shape index (κ1) is 13.3. The quantitative estimate of drug-likeness (QED) is 0.826. The van der Waals surface area contributed by atoms with Gasteiger partial charge in [-0.2, -0.15) is 0 Å². The molecule has 0 spiro atoms. The molecule has 4 nitrogen and oxygen atoms in total. The highest BCUT2D eigenvalue weighted by atomic mass is 19.1. The van der Waals surface area contributed by atoms with Gasteiger partial charge < -0.3 is 10.0 Å². The van der Waals surface area contributed by atoms with Crippen LogP contribution in [-0.2, 0) is 9.59 Å². The summed E-state index contributed by atoms with van der Waals surface area (Å²) in [5, 5.41) is 8.76.